The van der Waals surface area contributed by atoms with Crippen molar-refractivity contribution < 1.29 is 14.3 Å². The summed E-state index contributed by atoms with van der Waals surface area (Å²) in [6.07, 6.45) is 7.81. The number of anilines is 2. The van der Waals surface area contributed by atoms with Gasteiger partial charge in [0.05, 0.1) is 0 Å². The summed E-state index contributed by atoms with van der Waals surface area (Å²) in [6, 6.07) is 8.80. The Balaban J connectivity index is 2.00. The Labute approximate surface area is 179 Å². The molecule has 0 aliphatic rings. The van der Waals surface area contributed by atoms with Gasteiger partial charge in [-0.3, -0.25) is 5.32 Å². The molecule has 0 unspecified atom stereocenters. The van der Waals surface area contributed by atoms with E-state index in [0.717, 1.165) is 27.5 Å². The molecule has 0 saturated heterocycles. The van der Waals surface area contributed by atoms with Crippen molar-refractivity contribution in [2.75, 3.05) is 24.2 Å². The highest BCUT2D eigenvalue weighted by atomic mass is 16.5. The average molecular weight is 418 g/mol. The van der Waals surface area contributed by atoms with Crippen LogP contribution in [0.4, 0.5) is 21.2 Å². The van der Waals surface area contributed by atoms with Crippen molar-refractivity contribution in [3.8, 4) is 23.5 Å². The molecule has 5 N–H and O–H groups in total. The molecule has 0 aliphatic carbocycles. The molecule has 0 saturated carbocycles. The smallest absolute Gasteiger partial charge is 0.408 e. The quantitative estimate of drug-likeness (QED) is 0.455. The van der Waals surface area contributed by atoms with Crippen molar-refractivity contribution in [3.63, 3.8) is 0 Å². The molecule has 0 radical (unpaired) electrons. The number of aromatic nitrogens is 2. The molecule has 3 rings (SSSR count). The van der Waals surface area contributed by atoms with E-state index in [9.17, 15) is 9.59 Å². The van der Waals surface area contributed by atoms with Crippen LogP contribution in [-0.2, 0) is 11.3 Å². The number of alkyl carbamates (subject to hydrolysis) is 1. The van der Waals surface area contributed by atoms with Crippen molar-refractivity contribution in [1.82, 2.24) is 20.6 Å². The number of hydrogen-bond donors (Lipinski definition) is 4. The molecule has 0 fully saturated rings. The number of pyridine rings is 2. The Morgan fingerprint density at radius 3 is 2.68 bits per heavy atom. The number of nitrogens with two attached hydrogens (primary N) is 1. The van der Waals surface area contributed by atoms with Crippen molar-refractivity contribution >= 4 is 34.5 Å². The first-order valence-electron chi connectivity index (χ1n) is 9.54. The van der Waals surface area contributed by atoms with Gasteiger partial charge in [0.2, 0.25) is 0 Å². The Kier molecular flexibility index (Phi) is 6.85. The Morgan fingerprint density at radius 1 is 1.13 bits per heavy atom. The third-order valence-corrected chi connectivity index (χ3v) is 4.38. The number of carbonyl (C=O) groups is 2. The molecule has 0 spiro atoms. The lowest BCUT2D eigenvalue weighted by Crippen LogP contribution is -2.28. The molecule has 9 heteroatoms. The molecule has 2 heterocycles. The van der Waals surface area contributed by atoms with E-state index < -0.39 is 6.09 Å². The van der Waals surface area contributed by atoms with Gasteiger partial charge in [0.25, 0.3) is 0 Å². The third kappa shape index (κ3) is 5.39. The van der Waals surface area contributed by atoms with Crippen LogP contribution in [0.5, 0.6) is 0 Å². The molecule has 0 bridgehead atoms. The predicted molar refractivity (Wildman–Crippen MR) is 119 cm³/mol. The highest BCUT2D eigenvalue weighted by molar-refractivity contribution is 6.00. The topological polar surface area (TPSA) is 131 Å². The van der Waals surface area contributed by atoms with Crippen LogP contribution in [0.3, 0.4) is 0 Å². The van der Waals surface area contributed by atoms with Gasteiger partial charge in [-0.15, -0.1) is 6.42 Å². The van der Waals surface area contributed by atoms with E-state index in [4.69, 9.17) is 16.9 Å². The van der Waals surface area contributed by atoms with Gasteiger partial charge in [-0.2, -0.15) is 0 Å². The summed E-state index contributed by atoms with van der Waals surface area (Å²) in [5, 5.41) is 9.66. The minimum atomic E-state index is -0.611. The first kappa shape index (κ1) is 21.4. The maximum atomic E-state index is 11.9. The fourth-order valence-corrected chi connectivity index (χ4v) is 2.98. The van der Waals surface area contributed by atoms with Crippen molar-refractivity contribution in [1.29, 1.82) is 0 Å². The minimum Gasteiger partial charge on any atom is -0.436 e. The molecule has 0 aliphatic heterocycles. The van der Waals surface area contributed by atoms with Gasteiger partial charge in [0.15, 0.2) is 6.61 Å². The van der Waals surface area contributed by atoms with Crippen LogP contribution >= 0.6 is 0 Å². The number of carbonyl (C=O) groups excluding carboxylic acids is 2. The number of urea groups is 1. The molecule has 9 nitrogen and oxygen atoms in total. The number of amides is 3. The van der Waals surface area contributed by atoms with Gasteiger partial charge in [-0.25, -0.2) is 19.6 Å². The van der Waals surface area contributed by atoms with E-state index in [2.05, 4.69) is 31.8 Å². The highest BCUT2D eigenvalue weighted by Crippen LogP contribution is 2.32. The molecule has 31 heavy (non-hydrogen) atoms. The van der Waals surface area contributed by atoms with Gasteiger partial charge < -0.3 is 21.1 Å². The second kappa shape index (κ2) is 9.93. The van der Waals surface area contributed by atoms with E-state index in [1.54, 1.807) is 24.5 Å². The summed E-state index contributed by atoms with van der Waals surface area (Å²) in [4.78, 5) is 32.2. The van der Waals surface area contributed by atoms with Gasteiger partial charge in [0, 0.05) is 36.4 Å². The minimum absolute atomic E-state index is 0.105. The third-order valence-electron chi connectivity index (χ3n) is 4.38. The summed E-state index contributed by atoms with van der Waals surface area (Å²) < 4.78 is 4.84. The second-order valence-electron chi connectivity index (χ2n) is 6.48. The summed E-state index contributed by atoms with van der Waals surface area (Å²) >= 11 is 0. The van der Waals surface area contributed by atoms with Gasteiger partial charge in [0.1, 0.15) is 11.6 Å². The summed E-state index contributed by atoms with van der Waals surface area (Å²) in [7, 11) is 0. The lowest BCUT2D eigenvalue weighted by Gasteiger charge is -2.14. The number of benzene rings is 1. The van der Waals surface area contributed by atoms with Crippen LogP contribution in [0.2, 0.25) is 0 Å². The number of terminal acetylenes is 1. The highest BCUT2D eigenvalue weighted by Gasteiger charge is 2.12. The summed E-state index contributed by atoms with van der Waals surface area (Å²) in [5.41, 5.74) is 8.25. The lowest BCUT2D eigenvalue weighted by molar-refractivity contribution is 0.159. The number of ether oxygens (including phenoxy) is 1. The van der Waals surface area contributed by atoms with E-state index in [1.165, 1.54) is 0 Å². The fraction of sp³-hybridized carbons (Fsp3) is 0.182. The lowest BCUT2D eigenvalue weighted by atomic mass is 9.97. The Hall–Kier alpha value is -4.32. The van der Waals surface area contributed by atoms with Gasteiger partial charge in [-0.1, -0.05) is 18.1 Å². The van der Waals surface area contributed by atoms with E-state index in [1.807, 2.05) is 25.1 Å². The van der Waals surface area contributed by atoms with Crippen LogP contribution in [0, 0.1) is 12.3 Å². The Morgan fingerprint density at radius 2 is 1.97 bits per heavy atom. The van der Waals surface area contributed by atoms with Crippen molar-refractivity contribution in [2.24, 2.45) is 0 Å². The number of nitrogens with zero attached hydrogens (tertiary/aromatic N) is 2. The van der Waals surface area contributed by atoms with Crippen LogP contribution in [0.25, 0.3) is 21.9 Å². The second-order valence-corrected chi connectivity index (χ2v) is 6.48. The van der Waals surface area contributed by atoms with Crippen LogP contribution < -0.4 is 21.7 Å². The average Bonchev–Trinajstić information content (AvgIpc) is 2.76. The summed E-state index contributed by atoms with van der Waals surface area (Å²) in [5.74, 6) is 3.05. The normalized spacial score (nSPS) is 10.2. The number of hydrogen-bond acceptors (Lipinski definition) is 6. The maximum Gasteiger partial charge on any atom is 0.408 e. The Bertz CT molecular complexity index is 1140. The molecular formula is C22H22N6O3. The molecule has 158 valence electrons. The van der Waals surface area contributed by atoms with Crippen LogP contribution in [-0.4, -0.2) is 35.2 Å². The van der Waals surface area contributed by atoms with Gasteiger partial charge in [-0.05, 0) is 41.6 Å². The number of rotatable bonds is 6. The maximum absolute atomic E-state index is 11.9. The number of fused-ring (bicyclic) bond motifs is 1. The SMILES string of the molecule is C#CCOC(=O)NCc1ccc(-c2ccc(N)nc2)c2cc(NC(=O)NCC)ncc12. The van der Waals surface area contributed by atoms with Crippen LogP contribution in [0.1, 0.15) is 12.5 Å². The fourth-order valence-electron chi connectivity index (χ4n) is 2.98. The van der Waals surface area contributed by atoms with Crippen molar-refractivity contribution in [2.45, 2.75) is 13.5 Å². The zero-order valence-electron chi connectivity index (χ0n) is 16.9. The largest absolute Gasteiger partial charge is 0.436 e. The van der Waals surface area contributed by atoms with E-state index >= 15 is 0 Å². The first-order valence-corrected chi connectivity index (χ1v) is 9.54. The molecule has 3 aromatic rings. The van der Waals surface area contributed by atoms with Crippen molar-refractivity contribution in [3.05, 3.63) is 48.3 Å². The summed E-state index contributed by atoms with van der Waals surface area (Å²) in [6.45, 7) is 2.43. The van der Waals surface area contributed by atoms with E-state index in [-0.39, 0.29) is 19.2 Å². The molecule has 3 amide bonds. The molecular weight excluding hydrogens is 396 g/mol. The predicted octanol–water partition coefficient (Wildman–Crippen LogP) is 2.88. The van der Waals surface area contributed by atoms with E-state index in [0.29, 0.717) is 18.2 Å². The zero-order valence-corrected chi connectivity index (χ0v) is 16.9. The standard InChI is InChI=1S/C22H22N6O3/c1-3-9-31-22(30)27-12-15-5-7-16(14-6-8-19(23)25-11-14)17-10-20(26-13-18(15)17)28-21(29)24-4-2/h1,5-8,10-11,13H,4,9,12H2,2H3,(H2,23,25)(H,27,30)(H2,24,26,28,29). The van der Waals surface area contributed by atoms with Crippen LogP contribution in [0.15, 0.2) is 42.7 Å². The molecule has 1 aromatic carbocycles. The van der Waals surface area contributed by atoms with Gasteiger partial charge >= 0.3 is 12.1 Å². The monoisotopic (exact) mass is 418 g/mol. The number of nitrogen functional groups attached to an aromatic ring is 1. The molecule has 2 aromatic heterocycles. The first-order chi connectivity index (χ1) is 15.0. The zero-order chi connectivity index (χ0) is 22.2. The molecule has 0 atom stereocenters. The number of nitrogens with one attached hydrogen (secondary N) is 3.